The number of para-hydroxylation sites is 1. The summed E-state index contributed by atoms with van der Waals surface area (Å²) in [6.07, 6.45) is 2.20. The summed E-state index contributed by atoms with van der Waals surface area (Å²) in [7, 11) is 0. The molecule has 1 nitrogen and oxygen atoms in total. The van der Waals surface area contributed by atoms with E-state index in [2.05, 4.69) is 91.3 Å². The zero-order chi connectivity index (χ0) is 17.9. The highest BCUT2D eigenvalue weighted by Gasteiger charge is 2.14. The van der Waals surface area contributed by atoms with Gasteiger partial charge in [0.1, 0.15) is 0 Å². The maximum Gasteiger partial charge on any atom is 0.0462 e. The van der Waals surface area contributed by atoms with Crippen molar-refractivity contribution in [2.75, 3.05) is 0 Å². The van der Waals surface area contributed by atoms with Crippen LogP contribution in [-0.4, -0.2) is 4.98 Å². The Morgan fingerprint density at radius 1 is 0.769 bits per heavy atom. The van der Waals surface area contributed by atoms with Crippen molar-refractivity contribution in [2.24, 2.45) is 0 Å². The zero-order valence-corrected chi connectivity index (χ0v) is 14.9. The lowest BCUT2D eigenvalue weighted by atomic mass is 9.92. The van der Waals surface area contributed by atoms with Gasteiger partial charge in [0, 0.05) is 22.2 Å². The quantitative estimate of drug-likeness (QED) is 0.403. The maximum absolute atomic E-state index is 4.32. The summed E-state index contributed by atoms with van der Waals surface area (Å²) in [6.45, 7) is 6.46. The molecular formula is C25H21N. The number of benzene rings is 3. The van der Waals surface area contributed by atoms with Gasteiger partial charge in [-0.25, -0.2) is 0 Å². The minimum absolute atomic E-state index is 1.01. The first-order valence-corrected chi connectivity index (χ1v) is 8.83. The van der Waals surface area contributed by atoms with Crippen molar-refractivity contribution in [3.8, 4) is 0 Å². The van der Waals surface area contributed by atoms with Gasteiger partial charge in [0.15, 0.2) is 0 Å². The maximum atomic E-state index is 4.32. The number of allylic oxidation sites excluding steroid dienone is 2. The highest BCUT2D eigenvalue weighted by atomic mass is 14.7. The minimum Gasteiger partial charge on any atom is -0.358 e. The van der Waals surface area contributed by atoms with Gasteiger partial charge in [0.05, 0.1) is 0 Å². The van der Waals surface area contributed by atoms with Crippen LogP contribution in [0.1, 0.15) is 22.4 Å². The predicted octanol–water partition coefficient (Wildman–Crippen LogP) is 6.62. The van der Waals surface area contributed by atoms with Crippen molar-refractivity contribution in [2.45, 2.75) is 6.92 Å². The van der Waals surface area contributed by atoms with Gasteiger partial charge in [-0.05, 0) is 41.3 Å². The van der Waals surface area contributed by atoms with Crippen molar-refractivity contribution in [3.63, 3.8) is 0 Å². The summed E-state index contributed by atoms with van der Waals surface area (Å²) in [5, 5.41) is 1.24. The molecule has 0 radical (unpaired) electrons. The van der Waals surface area contributed by atoms with E-state index in [9.17, 15) is 0 Å². The Hall–Kier alpha value is -3.32. The second-order valence-electron chi connectivity index (χ2n) is 6.49. The summed E-state index contributed by atoms with van der Waals surface area (Å²) < 4.78 is 0. The van der Waals surface area contributed by atoms with Gasteiger partial charge in [-0.3, -0.25) is 0 Å². The normalized spacial score (nSPS) is 11.7. The summed E-state index contributed by atoms with van der Waals surface area (Å²) in [5.41, 5.74) is 8.09. The SMILES string of the molecule is C=C(/C=C(/c1ccccc1)c1c(C)[nH]c2ccccc12)c1ccccc1. The minimum atomic E-state index is 1.01. The molecule has 0 fully saturated rings. The van der Waals surface area contributed by atoms with Crippen LogP contribution in [0.2, 0.25) is 0 Å². The fraction of sp³-hybridized carbons (Fsp3) is 0.0400. The third-order valence-electron chi connectivity index (χ3n) is 4.71. The summed E-state index contributed by atoms with van der Waals surface area (Å²) in [4.78, 5) is 3.52. The van der Waals surface area contributed by atoms with E-state index in [1.165, 1.54) is 27.8 Å². The Morgan fingerprint density at radius 3 is 2.04 bits per heavy atom. The van der Waals surface area contributed by atoms with Crippen LogP contribution in [0.3, 0.4) is 0 Å². The number of H-pyrrole nitrogens is 1. The van der Waals surface area contributed by atoms with E-state index in [1.54, 1.807) is 0 Å². The molecule has 1 N–H and O–H groups in total. The number of hydrogen-bond donors (Lipinski definition) is 1. The molecule has 0 saturated carbocycles. The van der Waals surface area contributed by atoms with Gasteiger partial charge in [-0.1, -0.05) is 85.4 Å². The molecule has 4 rings (SSSR count). The fourth-order valence-corrected chi connectivity index (χ4v) is 3.45. The number of nitrogens with one attached hydrogen (secondary N) is 1. The first-order chi connectivity index (χ1) is 12.7. The van der Waals surface area contributed by atoms with Crippen LogP contribution in [0.5, 0.6) is 0 Å². The molecular weight excluding hydrogens is 314 g/mol. The van der Waals surface area contributed by atoms with Crippen molar-refractivity contribution >= 4 is 22.0 Å². The molecule has 4 aromatic rings. The molecule has 0 aliphatic carbocycles. The van der Waals surface area contributed by atoms with Crippen LogP contribution in [0.25, 0.3) is 22.0 Å². The van der Waals surface area contributed by atoms with E-state index in [-0.39, 0.29) is 0 Å². The standard InChI is InChI=1S/C25H21N/c1-18(20-11-5-3-6-12-20)17-23(21-13-7-4-8-14-21)25-19(2)26-24-16-10-9-15-22(24)25/h3-17,26H,1H2,2H3/b23-17-. The lowest BCUT2D eigenvalue weighted by Gasteiger charge is -2.11. The second-order valence-corrected chi connectivity index (χ2v) is 6.49. The Labute approximate surface area is 154 Å². The van der Waals surface area contributed by atoms with Crippen molar-refractivity contribution in [1.82, 2.24) is 4.98 Å². The van der Waals surface area contributed by atoms with E-state index in [4.69, 9.17) is 0 Å². The fourth-order valence-electron chi connectivity index (χ4n) is 3.45. The summed E-state index contributed by atoms with van der Waals surface area (Å²) in [5.74, 6) is 0. The van der Waals surface area contributed by atoms with Crippen LogP contribution in [-0.2, 0) is 0 Å². The van der Waals surface area contributed by atoms with Crippen molar-refractivity contribution in [1.29, 1.82) is 0 Å². The number of hydrogen-bond acceptors (Lipinski definition) is 0. The molecule has 126 valence electrons. The van der Waals surface area contributed by atoms with Crippen molar-refractivity contribution in [3.05, 3.63) is 120 Å². The second kappa shape index (κ2) is 6.89. The lowest BCUT2D eigenvalue weighted by molar-refractivity contribution is 1.28. The van der Waals surface area contributed by atoms with Gasteiger partial charge in [0.2, 0.25) is 0 Å². The number of aryl methyl sites for hydroxylation is 1. The topological polar surface area (TPSA) is 15.8 Å². The Balaban J connectivity index is 1.93. The van der Waals surface area contributed by atoms with E-state index in [0.717, 1.165) is 16.7 Å². The third kappa shape index (κ3) is 3.00. The zero-order valence-electron chi connectivity index (χ0n) is 14.9. The molecule has 1 aromatic heterocycles. The van der Waals surface area contributed by atoms with Crippen LogP contribution in [0, 0.1) is 6.92 Å². The Bertz CT molecular complexity index is 1080. The van der Waals surface area contributed by atoms with Gasteiger partial charge >= 0.3 is 0 Å². The molecule has 0 saturated heterocycles. The Kier molecular flexibility index (Phi) is 4.28. The monoisotopic (exact) mass is 335 g/mol. The molecule has 0 atom stereocenters. The summed E-state index contributed by atoms with van der Waals surface area (Å²) in [6, 6.07) is 29.3. The van der Waals surface area contributed by atoms with Gasteiger partial charge in [-0.15, -0.1) is 0 Å². The largest absolute Gasteiger partial charge is 0.358 e. The van der Waals surface area contributed by atoms with Gasteiger partial charge in [-0.2, -0.15) is 0 Å². The first kappa shape index (κ1) is 16.2. The van der Waals surface area contributed by atoms with Gasteiger partial charge < -0.3 is 4.98 Å². The van der Waals surface area contributed by atoms with Crippen LogP contribution < -0.4 is 0 Å². The van der Waals surface area contributed by atoms with E-state index < -0.39 is 0 Å². The molecule has 0 amide bonds. The molecule has 0 unspecified atom stereocenters. The van der Waals surface area contributed by atoms with Gasteiger partial charge in [0.25, 0.3) is 0 Å². The smallest absolute Gasteiger partial charge is 0.0462 e. The number of rotatable bonds is 4. The summed E-state index contributed by atoms with van der Waals surface area (Å²) >= 11 is 0. The van der Waals surface area contributed by atoms with E-state index in [0.29, 0.717) is 0 Å². The molecule has 1 heteroatoms. The highest BCUT2D eigenvalue weighted by Crippen LogP contribution is 2.34. The highest BCUT2D eigenvalue weighted by molar-refractivity contribution is 6.01. The van der Waals surface area contributed by atoms with Crippen molar-refractivity contribution < 1.29 is 0 Å². The first-order valence-electron chi connectivity index (χ1n) is 8.83. The third-order valence-corrected chi connectivity index (χ3v) is 4.71. The number of aromatic amines is 1. The molecule has 0 aliphatic heterocycles. The average molecular weight is 335 g/mol. The number of aromatic nitrogens is 1. The van der Waals surface area contributed by atoms with Crippen LogP contribution in [0.15, 0.2) is 97.6 Å². The van der Waals surface area contributed by atoms with Crippen LogP contribution in [0.4, 0.5) is 0 Å². The Morgan fingerprint density at radius 2 is 1.35 bits per heavy atom. The average Bonchev–Trinajstić information content (AvgIpc) is 3.03. The molecule has 26 heavy (non-hydrogen) atoms. The predicted molar refractivity (Wildman–Crippen MR) is 112 cm³/mol. The molecule has 1 heterocycles. The molecule has 0 bridgehead atoms. The molecule has 0 spiro atoms. The molecule has 3 aromatic carbocycles. The lowest BCUT2D eigenvalue weighted by Crippen LogP contribution is -1.91. The van der Waals surface area contributed by atoms with E-state index in [1.807, 2.05) is 18.2 Å². The van der Waals surface area contributed by atoms with E-state index >= 15 is 0 Å². The van der Waals surface area contributed by atoms with Crippen LogP contribution >= 0.6 is 0 Å². The number of fused-ring (bicyclic) bond motifs is 1. The molecule has 0 aliphatic rings.